The van der Waals surface area contributed by atoms with Gasteiger partial charge < -0.3 is 14.7 Å². The predicted molar refractivity (Wildman–Crippen MR) is 86.3 cm³/mol. The number of hydrogen-bond donors (Lipinski definition) is 1. The summed E-state index contributed by atoms with van der Waals surface area (Å²) in [5.74, 6) is 0.828. The van der Waals surface area contributed by atoms with Gasteiger partial charge in [0.1, 0.15) is 11.9 Å². The molecule has 4 heteroatoms. The first-order chi connectivity index (χ1) is 10.6. The van der Waals surface area contributed by atoms with Crippen molar-refractivity contribution in [2.45, 2.75) is 19.4 Å². The van der Waals surface area contributed by atoms with Crippen LogP contribution in [-0.2, 0) is 0 Å². The van der Waals surface area contributed by atoms with Gasteiger partial charge in [0.2, 0.25) is 0 Å². The van der Waals surface area contributed by atoms with E-state index in [1.54, 1.807) is 7.05 Å². The summed E-state index contributed by atoms with van der Waals surface area (Å²) in [6.45, 7) is 2.42. The zero-order chi connectivity index (χ0) is 15.9. The normalized spacial score (nSPS) is 11.7. The third-order valence-electron chi connectivity index (χ3n) is 3.59. The molecule has 0 aliphatic heterocycles. The van der Waals surface area contributed by atoms with Gasteiger partial charge >= 0.3 is 6.09 Å². The lowest BCUT2D eigenvalue weighted by Crippen LogP contribution is -2.27. The quantitative estimate of drug-likeness (QED) is 0.873. The summed E-state index contributed by atoms with van der Waals surface area (Å²) in [7, 11) is 1.57. The molecular weight excluding hydrogens is 278 g/mol. The van der Waals surface area contributed by atoms with Crippen molar-refractivity contribution in [2.24, 2.45) is 0 Å². The molecule has 0 radical (unpaired) electrons. The Morgan fingerprint density at radius 3 is 2.41 bits per heavy atom. The van der Waals surface area contributed by atoms with Crippen molar-refractivity contribution in [1.82, 2.24) is 4.90 Å². The summed E-state index contributed by atoms with van der Waals surface area (Å²) < 4.78 is 6.14. The smallest absolute Gasteiger partial charge is 0.407 e. The van der Waals surface area contributed by atoms with Crippen LogP contribution in [-0.4, -0.2) is 29.7 Å². The molecule has 0 aromatic heterocycles. The predicted octanol–water partition coefficient (Wildman–Crippen LogP) is 4.12. The largest absolute Gasteiger partial charge is 0.485 e. The van der Waals surface area contributed by atoms with E-state index in [1.165, 1.54) is 4.90 Å². The second kappa shape index (κ2) is 7.50. The number of hydrogen-bond acceptors (Lipinski definition) is 2. The highest BCUT2D eigenvalue weighted by molar-refractivity contribution is 5.64. The number of rotatable bonds is 6. The van der Waals surface area contributed by atoms with Gasteiger partial charge in [0.05, 0.1) is 0 Å². The van der Waals surface area contributed by atoms with E-state index < -0.39 is 6.09 Å². The zero-order valence-corrected chi connectivity index (χ0v) is 12.9. The first-order valence-electron chi connectivity index (χ1n) is 7.29. The molecule has 0 fully saturated rings. The Labute approximate surface area is 131 Å². The molecule has 0 heterocycles. The molecule has 0 saturated heterocycles. The van der Waals surface area contributed by atoms with Crippen LogP contribution in [0.2, 0.25) is 0 Å². The number of ether oxygens (including phenoxy) is 1. The Morgan fingerprint density at radius 1 is 1.14 bits per heavy atom. The van der Waals surface area contributed by atoms with Gasteiger partial charge in [0.15, 0.2) is 0 Å². The molecule has 4 nitrogen and oxygen atoms in total. The molecule has 1 unspecified atom stereocenters. The molecule has 0 aliphatic carbocycles. The first-order valence-corrected chi connectivity index (χ1v) is 7.29. The van der Waals surface area contributed by atoms with Crippen LogP contribution in [0.5, 0.6) is 5.75 Å². The number of carbonyl (C=O) groups is 1. The summed E-state index contributed by atoms with van der Waals surface area (Å²) in [5, 5.41) is 8.98. The minimum absolute atomic E-state index is 0.177. The second-order valence-electron chi connectivity index (χ2n) is 5.28. The van der Waals surface area contributed by atoms with Crippen LogP contribution in [0.1, 0.15) is 23.7 Å². The number of aryl methyl sites for hydroxylation is 1. The minimum atomic E-state index is -0.928. The molecule has 2 rings (SSSR count). The highest BCUT2D eigenvalue weighted by Crippen LogP contribution is 2.27. The Balaban J connectivity index is 2.15. The maximum Gasteiger partial charge on any atom is 0.407 e. The van der Waals surface area contributed by atoms with Gasteiger partial charge in [-0.2, -0.15) is 0 Å². The van der Waals surface area contributed by atoms with Crippen LogP contribution in [0.25, 0.3) is 0 Å². The fraction of sp³-hybridized carbons (Fsp3) is 0.278. The number of carboxylic acid groups (broad SMARTS) is 1. The molecule has 2 aromatic carbocycles. The SMILES string of the molecule is Cc1ccccc1OC(CCN(C)C(=O)O)c1ccccc1. The van der Waals surface area contributed by atoms with E-state index in [0.29, 0.717) is 13.0 Å². The van der Waals surface area contributed by atoms with E-state index in [2.05, 4.69) is 0 Å². The summed E-state index contributed by atoms with van der Waals surface area (Å²) in [6, 6.07) is 17.7. The van der Waals surface area contributed by atoms with E-state index in [0.717, 1.165) is 16.9 Å². The first kappa shape index (κ1) is 15.9. The van der Waals surface area contributed by atoms with Gasteiger partial charge in [-0.25, -0.2) is 4.79 Å². The molecule has 22 heavy (non-hydrogen) atoms. The zero-order valence-electron chi connectivity index (χ0n) is 12.9. The number of benzene rings is 2. The average Bonchev–Trinajstić information content (AvgIpc) is 2.53. The Hall–Kier alpha value is -2.49. The maximum absolute atomic E-state index is 10.9. The number of nitrogens with zero attached hydrogens (tertiary/aromatic N) is 1. The van der Waals surface area contributed by atoms with Crippen LogP contribution in [0, 0.1) is 6.92 Å². The van der Waals surface area contributed by atoms with Gasteiger partial charge in [-0.15, -0.1) is 0 Å². The lowest BCUT2D eigenvalue weighted by Gasteiger charge is -2.23. The van der Waals surface area contributed by atoms with Gasteiger partial charge in [-0.3, -0.25) is 0 Å². The van der Waals surface area contributed by atoms with Crippen LogP contribution in [0.4, 0.5) is 4.79 Å². The van der Waals surface area contributed by atoms with E-state index in [-0.39, 0.29) is 6.10 Å². The molecule has 1 amide bonds. The van der Waals surface area contributed by atoms with Gasteiger partial charge in [0, 0.05) is 20.0 Å². The molecule has 0 saturated carbocycles. The Kier molecular flexibility index (Phi) is 5.42. The highest BCUT2D eigenvalue weighted by atomic mass is 16.5. The van der Waals surface area contributed by atoms with E-state index in [9.17, 15) is 4.79 Å². The third kappa shape index (κ3) is 4.25. The standard InChI is InChI=1S/C18H21NO3/c1-14-8-6-7-11-16(14)22-17(12-13-19(2)18(20)21)15-9-4-3-5-10-15/h3-11,17H,12-13H2,1-2H3,(H,20,21). The topological polar surface area (TPSA) is 49.8 Å². The Bertz CT molecular complexity index is 613. The van der Waals surface area contributed by atoms with Crippen LogP contribution < -0.4 is 4.74 Å². The molecule has 0 bridgehead atoms. The summed E-state index contributed by atoms with van der Waals surface area (Å²) in [6.07, 6.45) is -0.506. The highest BCUT2D eigenvalue weighted by Gasteiger charge is 2.16. The van der Waals surface area contributed by atoms with Gasteiger partial charge in [0.25, 0.3) is 0 Å². The molecule has 116 valence electrons. The second-order valence-corrected chi connectivity index (χ2v) is 5.28. The number of amides is 1. The molecule has 0 aliphatic rings. The summed E-state index contributed by atoms with van der Waals surface area (Å²) in [5.41, 5.74) is 2.11. The fourth-order valence-electron chi connectivity index (χ4n) is 2.21. The molecule has 0 spiro atoms. The molecule has 2 aromatic rings. The number of para-hydroxylation sites is 1. The van der Waals surface area contributed by atoms with Crippen LogP contribution in [0.3, 0.4) is 0 Å². The lowest BCUT2D eigenvalue weighted by atomic mass is 10.1. The van der Waals surface area contributed by atoms with Crippen molar-refractivity contribution < 1.29 is 14.6 Å². The van der Waals surface area contributed by atoms with Gasteiger partial charge in [-0.1, -0.05) is 48.5 Å². The van der Waals surface area contributed by atoms with Crippen molar-refractivity contribution in [3.8, 4) is 5.75 Å². The maximum atomic E-state index is 10.9. The summed E-state index contributed by atoms with van der Waals surface area (Å²) in [4.78, 5) is 12.2. The lowest BCUT2D eigenvalue weighted by molar-refractivity contribution is 0.140. The molecular formula is C18H21NO3. The van der Waals surface area contributed by atoms with E-state index >= 15 is 0 Å². The monoisotopic (exact) mass is 299 g/mol. The third-order valence-corrected chi connectivity index (χ3v) is 3.59. The van der Waals surface area contributed by atoms with Gasteiger partial charge in [-0.05, 0) is 24.1 Å². The summed E-state index contributed by atoms with van der Waals surface area (Å²) >= 11 is 0. The minimum Gasteiger partial charge on any atom is -0.485 e. The fourth-order valence-corrected chi connectivity index (χ4v) is 2.21. The van der Waals surface area contributed by atoms with Crippen molar-refractivity contribution in [2.75, 3.05) is 13.6 Å². The van der Waals surface area contributed by atoms with Crippen molar-refractivity contribution in [3.63, 3.8) is 0 Å². The Morgan fingerprint density at radius 2 is 1.77 bits per heavy atom. The molecule has 1 N–H and O–H groups in total. The van der Waals surface area contributed by atoms with Crippen molar-refractivity contribution in [1.29, 1.82) is 0 Å². The van der Waals surface area contributed by atoms with Crippen molar-refractivity contribution >= 4 is 6.09 Å². The molecule has 1 atom stereocenters. The van der Waals surface area contributed by atoms with Crippen LogP contribution in [0.15, 0.2) is 54.6 Å². The van der Waals surface area contributed by atoms with E-state index in [1.807, 2.05) is 61.5 Å². The van der Waals surface area contributed by atoms with E-state index in [4.69, 9.17) is 9.84 Å². The van der Waals surface area contributed by atoms with Crippen molar-refractivity contribution in [3.05, 3.63) is 65.7 Å². The van der Waals surface area contributed by atoms with Crippen LogP contribution >= 0.6 is 0 Å². The average molecular weight is 299 g/mol.